The Morgan fingerprint density at radius 1 is 1.29 bits per heavy atom. The molecule has 2 atom stereocenters. The number of rotatable bonds is 5. The second kappa shape index (κ2) is 5.65. The third kappa shape index (κ3) is 3.08. The van der Waals surface area contributed by atoms with Gasteiger partial charge in [-0.25, -0.2) is 0 Å². The molecule has 1 aromatic carbocycles. The highest BCUT2D eigenvalue weighted by Gasteiger charge is 2.36. The van der Waals surface area contributed by atoms with Crippen molar-refractivity contribution in [3.8, 4) is 0 Å². The monoisotopic (exact) mass is 233 g/mol. The number of likely N-dealkylation sites (tertiary alicyclic amines) is 1. The van der Waals surface area contributed by atoms with Crippen molar-refractivity contribution in [2.24, 2.45) is 0 Å². The van der Waals surface area contributed by atoms with Gasteiger partial charge in [0.1, 0.15) is 6.54 Å². The Kier molecular flexibility index (Phi) is 4.19. The number of quaternary nitrogens is 1. The first-order valence-electron chi connectivity index (χ1n) is 6.84. The molecule has 1 heterocycles. The van der Waals surface area contributed by atoms with Gasteiger partial charge in [-0.05, 0) is 13.5 Å². The maximum absolute atomic E-state index is 3.45. The van der Waals surface area contributed by atoms with Gasteiger partial charge in [0.15, 0.2) is 0 Å². The van der Waals surface area contributed by atoms with Gasteiger partial charge in [-0.3, -0.25) is 0 Å². The topological polar surface area (TPSA) is 12.0 Å². The minimum Gasteiger partial charge on any atom is -0.319 e. The first-order chi connectivity index (χ1) is 8.28. The Morgan fingerprint density at radius 2 is 2.06 bits per heavy atom. The Balaban J connectivity index is 2.07. The van der Waals surface area contributed by atoms with Crippen LogP contribution in [0.3, 0.4) is 0 Å². The van der Waals surface area contributed by atoms with Crippen LogP contribution in [0.25, 0.3) is 0 Å². The van der Waals surface area contributed by atoms with Crippen LogP contribution < -0.4 is 5.32 Å². The number of hydrogen-bond donors (Lipinski definition) is 1. The molecule has 17 heavy (non-hydrogen) atoms. The molecule has 1 saturated heterocycles. The first kappa shape index (κ1) is 12.6. The van der Waals surface area contributed by atoms with Crippen LogP contribution in [-0.4, -0.2) is 37.2 Å². The lowest BCUT2D eigenvalue weighted by atomic mass is 10.2. The van der Waals surface area contributed by atoms with E-state index in [9.17, 15) is 0 Å². The van der Waals surface area contributed by atoms with Crippen molar-refractivity contribution in [2.75, 3.05) is 26.7 Å². The van der Waals surface area contributed by atoms with Crippen molar-refractivity contribution < 1.29 is 4.48 Å². The van der Waals surface area contributed by atoms with Crippen LogP contribution >= 0.6 is 0 Å². The van der Waals surface area contributed by atoms with Crippen molar-refractivity contribution in [3.05, 3.63) is 35.9 Å². The average Bonchev–Trinajstić information content (AvgIpc) is 2.74. The first-order valence-corrected chi connectivity index (χ1v) is 6.84. The van der Waals surface area contributed by atoms with E-state index in [0.717, 1.165) is 0 Å². The summed E-state index contributed by atoms with van der Waals surface area (Å²) in [5, 5.41) is 3.45. The predicted molar refractivity (Wildman–Crippen MR) is 72.8 cm³/mol. The van der Waals surface area contributed by atoms with Gasteiger partial charge in [0.2, 0.25) is 0 Å². The Labute approximate surface area is 105 Å². The molecule has 1 aliphatic heterocycles. The largest absolute Gasteiger partial charge is 0.319 e. The molecular formula is C15H25N2+. The van der Waals surface area contributed by atoms with Crippen molar-refractivity contribution in [1.29, 1.82) is 0 Å². The summed E-state index contributed by atoms with van der Waals surface area (Å²) in [5.74, 6) is 0. The van der Waals surface area contributed by atoms with E-state index >= 15 is 0 Å². The van der Waals surface area contributed by atoms with E-state index in [1.807, 2.05) is 0 Å². The smallest absolute Gasteiger partial charge is 0.104 e. The standard InChI is InChI=1S/C15H25N2/c1-3-10-17(11-9-15(13-17)16-2)12-14-7-5-4-6-8-14/h4-8,15-16H,3,9-13H2,1-2H3/q+1. The van der Waals surface area contributed by atoms with Crippen LogP contribution in [0.4, 0.5) is 0 Å². The highest BCUT2D eigenvalue weighted by Crippen LogP contribution is 2.24. The van der Waals surface area contributed by atoms with Crippen LogP contribution in [0.15, 0.2) is 30.3 Å². The quantitative estimate of drug-likeness (QED) is 0.770. The molecule has 0 bridgehead atoms. The van der Waals surface area contributed by atoms with E-state index in [2.05, 4.69) is 49.6 Å². The summed E-state index contributed by atoms with van der Waals surface area (Å²) < 4.78 is 1.27. The zero-order valence-electron chi connectivity index (χ0n) is 11.2. The van der Waals surface area contributed by atoms with E-state index in [-0.39, 0.29) is 0 Å². The molecular weight excluding hydrogens is 208 g/mol. The Morgan fingerprint density at radius 3 is 2.65 bits per heavy atom. The summed E-state index contributed by atoms with van der Waals surface area (Å²) in [5.41, 5.74) is 1.48. The maximum atomic E-state index is 3.45. The van der Waals surface area contributed by atoms with Gasteiger partial charge in [-0.15, -0.1) is 0 Å². The summed E-state index contributed by atoms with van der Waals surface area (Å²) in [6, 6.07) is 11.7. The fraction of sp³-hybridized carbons (Fsp3) is 0.600. The summed E-state index contributed by atoms with van der Waals surface area (Å²) in [4.78, 5) is 0. The number of hydrogen-bond acceptors (Lipinski definition) is 1. The minimum atomic E-state index is 0.713. The van der Waals surface area contributed by atoms with E-state index in [4.69, 9.17) is 0 Å². The van der Waals surface area contributed by atoms with E-state index < -0.39 is 0 Å². The number of nitrogens with zero attached hydrogens (tertiary/aromatic N) is 1. The second-order valence-electron chi connectivity index (χ2n) is 5.39. The Hall–Kier alpha value is -0.860. The van der Waals surface area contributed by atoms with Gasteiger partial charge < -0.3 is 9.80 Å². The fourth-order valence-corrected chi connectivity index (χ4v) is 3.19. The summed E-state index contributed by atoms with van der Waals surface area (Å²) in [7, 11) is 2.10. The molecule has 0 amide bonds. The van der Waals surface area contributed by atoms with Crippen LogP contribution in [0.2, 0.25) is 0 Å². The molecule has 2 nitrogen and oxygen atoms in total. The number of benzene rings is 1. The molecule has 0 spiro atoms. The molecule has 0 aliphatic carbocycles. The zero-order valence-corrected chi connectivity index (χ0v) is 11.2. The van der Waals surface area contributed by atoms with Crippen molar-refractivity contribution in [1.82, 2.24) is 5.32 Å². The van der Waals surface area contributed by atoms with Gasteiger partial charge in [0, 0.05) is 12.0 Å². The van der Waals surface area contributed by atoms with Crippen LogP contribution in [0.1, 0.15) is 25.3 Å². The third-order valence-corrected chi connectivity index (χ3v) is 4.03. The third-order valence-electron chi connectivity index (χ3n) is 4.03. The minimum absolute atomic E-state index is 0.713. The van der Waals surface area contributed by atoms with E-state index in [1.54, 1.807) is 0 Å². The second-order valence-corrected chi connectivity index (χ2v) is 5.39. The van der Waals surface area contributed by atoms with Crippen molar-refractivity contribution >= 4 is 0 Å². The van der Waals surface area contributed by atoms with Gasteiger partial charge in [-0.1, -0.05) is 37.3 Å². The molecule has 0 saturated carbocycles. The summed E-state index contributed by atoms with van der Waals surface area (Å²) >= 11 is 0. The van der Waals surface area contributed by atoms with Crippen LogP contribution in [0.5, 0.6) is 0 Å². The molecule has 94 valence electrons. The predicted octanol–water partition coefficient (Wildman–Crippen LogP) is 2.41. The average molecular weight is 233 g/mol. The fourth-order valence-electron chi connectivity index (χ4n) is 3.19. The zero-order chi connectivity index (χ0) is 12.1. The van der Waals surface area contributed by atoms with Gasteiger partial charge in [0.25, 0.3) is 0 Å². The van der Waals surface area contributed by atoms with E-state index in [1.165, 1.54) is 49.1 Å². The van der Waals surface area contributed by atoms with Crippen molar-refractivity contribution in [2.45, 2.75) is 32.4 Å². The number of likely N-dealkylation sites (N-methyl/N-ethyl adjacent to an activating group) is 1. The van der Waals surface area contributed by atoms with Gasteiger partial charge >= 0.3 is 0 Å². The normalized spacial score (nSPS) is 28.5. The van der Waals surface area contributed by atoms with Crippen molar-refractivity contribution in [3.63, 3.8) is 0 Å². The van der Waals surface area contributed by atoms with Gasteiger partial charge in [0.05, 0.1) is 25.7 Å². The van der Waals surface area contributed by atoms with E-state index in [0.29, 0.717) is 6.04 Å². The maximum Gasteiger partial charge on any atom is 0.104 e. The molecule has 1 aromatic rings. The molecule has 0 aromatic heterocycles. The lowest BCUT2D eigenvalue weighted by Crippen LogP contribution is -2.47. The molecule has 1 aliphatic rings. The lowest BCUT2D eigenvalue weighted by molar-refractivity contribution is -0.930. The SMILES string of the molecule is CCC[N+]1(Cc2ccccc2)CCC(NC)C1. The highest BCUT2D eigenvalue weighted by atomic mass is 15.4. The molecule has 1 fully saturated rings. The molecule has 2 heteroatoms. The van der Waals surface area contributed by atoms with Crippen LogP contribution in [0, 0.1) is 0 Å². The molecule has 2 rings (SSSR count). The van der Waals surface area contributed by atoms with Gasteiger partial charge in [-0.2, -0.15) is 0 Å². The van der Waals surface area contributed by atoms with Crippen LogP contribution in [-0.2, 0) is 6.54 Å². The molecule has 2 unspecified atom stereocenters. The molecule has 0 radical (unpaired) electrons. The lowest BCUT2D eigenvalue weighted by Gasteiger charge is -2.34. The Bertz CT molecular complexity index is 336. The summed E-state index contributed by atoms with van der Waals surface area (Å²) in [6.45, 7) is 7.44. The highest BCUT2D eigenvalue weighted by molar-refractivity contribution is 5.13. The summed E-state index contributed by atoms with van der Waals surface area (Å²) in [6.07, 6.45) is 2.60. The molecule has 1 N–H and O–H groups in total. The number of nitrogens with one attached hydrogen (secondary N) is 1.